The molecule has 1 aromatic heterocycles. The van der Waals surface area contributed by atoms with Crippen LogP contribution in [0.4, 0.5) is 20.4 Å². The van der Waals surface area contributed by atoms with Crippen molar-refractivity contribution in [3.63, 3.8) is 0 Å². The number of anilines is 2. The molecule has 1 aliphatic rings. The fourth-order valence-corrected chi connectivity index (χ4v) is 4.59. The molecular formula is C29H23ClF2N6O3. The highest BCUT2D eigenvalue weighted by atomic mass is 35.5. The largest absolute Gasteiger partial charge is 0.480 e. The van der Waals surface area contributed by atoms with Gasteiger partial charge < -0.3 is 21.5 Å². The Labute approximate surface area is 238 Å². The van der Waals surface area contributed by atoms with Crippen LogP contribution in [0.5, 0.6) is 0 Å². The highest BCUT2D eigenvalue weighted by Gasteiger charge is 2.25. The summed E-state index contributed by atoms with van der Waals surface area (Å²) in [4.78, 5) is 37.3. The number of hydrogen-bond acceptors (Lipinski definition) is 7. The topological polar surface area (TPSA) is 143 Å². The number of halogens is 3. The third-order valence-corrected chi connectivity index (χ3v) is 6.66. The summed E-state index contributed by atoms with van der Waals surface area (Å²) in [6.07, 6.45) is 1.69. The van der Waals surface area contributed by atoms with E-state index in [2.05, 4.69) is 25.6 Å². The molecule has 0 unspecified atom stereocenters. The van der Waals surface area contributed by atoms with Crippen LogP contribution < -0.4 is 16.4 Å². The monoisotopic (exact) mass is 576 g/mol. The predicted octanol–water partition coefficient (Wildman–Crippen LogP) is 4.70. The Morgan fingerprint density at radius 3 is 2.46 bits per heavy atom. The van der Waals surface area contributed by atoms with E-state index in [1.807, 2.05) is 0 Å². The molecule has 0 saturated heterocycles. The van der Waals surface area contributed by atoms with Gasteiger partial charge in [-0.1, -0.05) is 23.7 Å². The lowest BCUT2D eigenvalue weighted by Crippen LogP contribution is -2.42. The number of rotatable bonds is 8. The van der Waals surface area contributed by atoms with Crippen LogP contribution in [0.3, 0.4) is 0 Å². The Kier molecular flexibility index (Phi) is 7.99. The van der Waals surface area contributed by atoms with Crippen molar-refractivity contribution in [2.75, 3.05) is 11.9 Å². The zero-order valence-electron chi connectivity index (χ0n) is 21.4. The number of carbonyl (C=O) groups is 2. The van der Waals surface area contributed by atoms with E-state index in [0.717, 1.165) is 0 Å². The van der Waals surface area contributed by atoms with Crippen LogP contribution in [0.25, 0.3) is 11.3 Å². The molecule has 1 amide bonds. The maximum absolute atomic E-state index is 14.8. The molecule has 1 atom stereocenters. The predicted molar refractivity (Wildman–Crippen MR) is 150 cm³/mol. The van der Waals surface area contributed by atoms with Crippen LogP contribution in [0.15, 0.2) is 71.9 Å². The van der Waals surface area contributed by atoms with Gasteiger partial charge in [0.15, 0.2) is 0 Å². The third-order valence-electron chi connectivity index (χ3n) is 6.43. The lowest BCUT2D eigenvalue weighted by Gasteiger charge is -2.14. The molecule has 9 nitrogen and oxygen atoms in total. The minimum atomic E-state index is -1.16. The maximum Gasteiger partial charge on any atom is 0.326 e. The van der Waals surface area contributed by atoms with Crippen molar-refractivity contribution in [1.29, 1.82) is 0 Å². The van der Waals surface area contributed by atoms with E-state index in [1.54, 1.807) is 36.5 Å². The quantitative estimate of drug-likeness (QED) is 0.238. The van der Waals surface area contributed by atoms with E-state index in [1.165, 1.54) is 30.3 Å². The van der Waals surface area contributed by atoms with Crippen LogP contribution in [-0.4, -0.2) is 45.2 Å². The number of hydrogen-bond donors (Lipinski definition) is 4. The molecule has 0 radical (unpaired) electrons. The molecule has 0 fully saturated rings. The molecule has 0 bridgehead atoms. The summed E-state index contributed by atoms with van der Waals surface area (Å²) >= 11 is 6.27. The second-order valence-corrected chi connectivity index (χ2v) is 9.60. The van der Waals surface area contributed by atoms with Gasteiger partial charge in [0.05, 0.1) is 23.5 Å². The molecule has 2 heterocycles. The first-order valence-corrected chi connectivity index (χ1v) is 12.9. The van der Waals surface area contributed by atoms with Crippen molar-refractivity contribution >= 4 is 40.8 Å². The van der Waals surface area contributed by atoms with Crippen LogP contribution in [0.1, 0.15) is 33.5 Å². The number of carboxylic acid groups (broad SMARTS) is 1. The number of carboxylic acids is 1. The standard InChI is InChI=1S/C29H23ClF2N6O3/c30-17-6-9-19-20(12-17)26(24-21(31)2-1-3-22(24)32)34-13-16-14-35-29(38-25(16)19)36-18-7-4-15(5-8-18)27(39)37-23(10-11-33)28(40)41/h1-9,12,14,23H,10-11,13,33H2,(H,37,39)(H,40,41)(H,35,36,38)/t23-/m1/s1. The lowest BCUT2D eigenvalue weighted by molar-refractivity contribution is -0.139. The number of aromatic nitrogens is 2. The van der Waals surface area contributed by atoms with Gasteiger partial charge in [-0.15, -0.1) is 0 Å². The summed E-state index contributed by atoms with van der Waals surface area (Å²) in [6.45, 7) is 0.197. The molecule has 0 spiro atoms. The second kappa shape index (κ2) is 11.8. The smallest absolute Gasteiger partial charge is 0.326 e. The van der Waals surface area contributed by atoms with E-state index in [0.29, 0.717) is 33.1 Å². The Morgan fingerprint density at radius 1 is 1.05 bits per heavy atom. The van der Waals surface area contributed by atoms with Crippen molar-refractivity contribution < 1.29 is 23.5 Å². The molecule has 0 saturated carbocycles. The SMILES string of the molecule is NCC[C@@H](NC(=O)c1ccc(Nc2ncc3c(n2)-c2ccc(Cl)cc2C(c2c(F)cccc2F)=NC3)cc1)C(=O)O. The van der Waals surface area contributed by atoms with E-state index in [4.69, 9.17) is 17.3 Å². The van der Waals surface area contributed by atoms with Gasteiger partial charge in [-0.3, -0.25) is 9.79 Å². The Morgan fingerprint density at radius 2 is 1.78 bits per heavy atom. The first-order chi connectivity index (χ1) is 19.7. The summed E-state index contributed by atoms with van der Waals surface area (Å²) in [5.74, 6) is -2.97. The third kappa shape index (κ3) is 5.91. The second-order valence-electron chi connectivity index (χ2n) is 9.16. The maximum atomic E-state index is 14.8. The molecule has 208 valence electrons. The number of fused-ring (bicyclic) bond motifs is 3. The van der Waals surface area contributed by atoms with Gasteiger partial charge >= 0.3 is 5.97 Å². The van der Waals surface area contributed by atoms with Gasteiger partial charge in [-0.2, -0.15) is 0 Å². The molecule has 0 aliphatic carbocycles. The highest BCUT2D eigenvalue weighted by Crippen LogP contribution is 2.34. The van der Waals surface area contributed by atoms with Crippen molar-refractivity contribution in [2.24, 2.45) is 10.7 Å². The van der Waals surface area contributed by atoms with Crippen LogP contribution >= 0.6 is 11.6 Å². The van der Waals surface area contributed by atoms with Crippen molar-refractivity contribution in [2.45, 2.75) is 19.0 Å². The minimum absolute atomic E-state index is 0.0797. The Bertz CT molecular complexity index is 1660. The molecule has 41 heavy (non-hydrogen) atoms. The Balaban J connectivity index is 1.43. The van der Waals surface area contributed by atoms with Gasteiger partial charge in [0.1, 0.15) is 17.7 Å². The van der Waals surface area contributed by atoms with Crippen LogP contribution in [0.2, 0.25) is 5.02 Å². The molecule has 3 aromatic carbocycles. The summed E-state index contributed by atoms with van der Waals surface area (Å²) in [6, 6.07) is 13.8. The van der Waals surface area contributed by atoms with E-state index in [9.17, 15) is 23.5 Å². The summed E-state index contributed by atoms with van der Waals surface area (Å²) in [7, 11) is 0. The first-order valence-electron chi connectivity index (χ1n) is 12.5. The number of aliphatic carboxylic acids is 1. The normalized spacial score (nSPS) is 12.8. The van der Waals surface area contributed by atoms with E-state index >= 15 is 0 Å². The highest BCUT2D eigenvalue weighted by molar-refractivity contribution is 6.31. The number of amides is 1. The van der Waals surface area contributed by atoms with Crippen LogP contribution in [0, 0.1) is 11.6 Å². The lowest BCUT2D eigenvalue weighted by atomic mass is 9.95. The fraction of sp³-hybridized carbons (Fsp3) is 0.138. The number of nitrogens with two attached hydrogens (primary N) is 1. The van der Waals surface area contributed by atoms with Gasteiger partial charge in [-0.05, 0) is 61.5 Å². The van der Waals surface area contributed by atoms with Gasteiger partial charge in [0.2, 0.25) is 5.95 Å². The number of carbonyl (C=O) groups excluding carboxylic acids is 1. The number of aliphatic imine (C=N–C) groups is 1. The minimum Gasteiger partial charge on any atom is -0.480 e. The van der Waals surface area contributed by atoms with Crippen molar-refractivity contribution in [1.82, 2.24) is 15.3 Å². The number of nitrogens with one attached hydrogen (secondary N) is 2. The molecule has 12 heteroatoms. The van der Waals surface area contributed by atoms with Crippen LogP contribution in [-0.2, 0) is 11.3 Å². The zero-order valence-corrected chi connectivity index (χ0v) is 22.1. The zero-order chi connectivity index (χ0) is 29.1. The number of nitrogens with zero attached hydrogens (tertiary/aromatic N) is 3. The van der Waals surface area contributed by atoms with Gasteiger partial charge in [-0.25, -0.2) is 23.5 Å². The van der Waals surface area contributed by atoms with E-state index < -0.39 is 29.6 Å². The fourth-order valence-electron chi connectivity index (χ4n) is 4.42. The van der Waals surface area contributed by atoms with Crippen molar-refractivity contribution in [3.8, 4) is 11.3 Å². The molecule has 4 aromatic rings. The summed E-state index contributed by atoms with van der Waals surface area (Å²) < 4.78 is 29.5. The Hall–Kier alpha value is -4.74. The molecule has 5 N–H and O–H groups in total. The van der Waals surface area contributed by atoms with Crippen molar-refractivity contribution in [3.05, 3.63) is 106 Å². The van der Waals surface area contributed by atoms with Gasteiger partial charge in [0.25, 0.3) is 5.91 Å². The number of benzene rings is 3. The van der Waals surface area contributed by atoms with Gasteiger partial charge in [0, 0.05) is 39.2 Å². The summed E-state index contributed by atoms with van der Waals surface area (Å²) in [5, 5.41) is 15.1. The average molecular weight is 577 g/mol. The average Bonchev–Trinajstić information content (AvgIpc) is 3.09. The first kappa shape index (κ1) is 27.8. The molecule has 1 aliphatic heterocycles. The molecule has 5 rings (SSSR count). The van der Waals surface area contributed by atoms with E-state index in [-0.39, 0.29) is 42.3 Å². The summed E-state index contributed by atoms with van der Waals surface area (Å²) in [5.41, 5.74) is 8.28. The molecular weight excluding hydrogens is 554 g/mol.